The lowest BCUT2D eigenvalue weighted by Gasteiger charge is -2.27. The molecule has 1 amide bonds. The molecule has 0 bridgehead atoms. The number of nitrogens with two attached hydrogens (primary N) is 1. The molecule has 0 saturated heterocycles. The fraction of sp³-hybridized carbons (Fsp3) is 0.462. The highest BCUT2D eigenvalue weighted by Crippen LogP contribution is 2.41. The van der Waals surface area contributed by atoms with Gasteiger partial charge in [0.1, 0.15) is 5.75 Å². The minimum absolute atomic E-state index is 0.0188. The van der Waals surface area contributed by atoms with Gasteiger partial charge in [-0.25, -0.2) is 0 Å². The molecule has 17 heavy (non-hydrogen) atoms. The monoisotopic (exact) mass is 232 g/mol. The quantitative estimate of drug-likeness (QED) is 0.839. The molecule has 90 valence electrons. The standard InChI is InChI=1S/C13H16N2O2/c1-15-10-6-9(13(14)8-2-3-8)4-5-11(10)17-7-12(15)16/h4-6,8,13H,2-3,7,14H2,1H3. The fourth-order valence-electron chi connectivity index (χ4n) is 2.22. The molecular weight excluding hydrogens is 216 g/mol. The van der Waals surface area contributed by atoms with Crippen molar-refractivity contribution in [2.75, 3.05) is 18.6 Å². The Morgan fingerprint density at radius 2 is 2.24 bits per heavy atom. The molecule has 1 aromatic carbocycles. The third-order valence-corrected chi connectivity index (χ3v) is 3.58. The van der Waals surface area contributed by atoms with Gasteiger partial charge < -0.3 is 15.4 Å². The van der Waals surface area contributed by atoms with E-state index in [9.17, 15) is 4.79 Å². The zero-order valence-corrected chi connectivity index (χ0v) is 9.85. The Bertz CT molecular complexity index is 468. The lowest BCUT2D eigenvalue weighted by Crippen LogP contribution is -2.35. The average Bonchev–Trinajstić information content (AvgIpc) is 3.17. The third kappa shape index (κ3) is 1.78. The van der Waals surface area contributed by atoms with E-state index in [0.717, 1.165) is 17.0 Å². The van der Waals surface area contributed by atoms with Gasteiger partial charge in [0.25, 0.3) is 5.91 Å². The molecule has 1 atom stereocenters. The number of ether oxygens (including phenoxy) is 1. The zero-order chi connectivity index (χ0) is 12.0. The Hall–Kier alpha value is -1.55. The summed E-state index contributed by atoms with van der Waals surface area (Å²) >= 11 is 0. The predicted molar refractivity (Wildman–Crippen MR) is 65.0 cm³/mol. The van der Waals surface area contributed by atoms with Crippen LogP contribution in [0.2, 0.25) is 0 Å². The van der Waals surface area contributed by atoms with E-state index in [2.05, 4.69) is 0 Å². The molecule has 1 aliphatic carbocycles. The molecule has 4 heteroatoms. The molecule has 1 aromatic rings. The van der Waals surface area contributed by atoms with E-state index in [4.69, 9.17) is 10.5 Å². The summed E-state index contributed by atoms with van der Waals surface area (Å²) in [6.45, 7) is 0.123. The van der Waals surface area contributed by atoms with Gasteiger partial charge in [0.05, 0.1) is 5.69 Å². The number of amides is 1. The first-order valence-electron chi connectivity index (χ1n) is 5.95. The van der Waals surface area contributed by atoms with E-state index in [1.807, 2.05) is 18.2 Å². The lowest BCUT2D eigenvalue weighted by atomic mass is 10.0. The molecule has 1 fully saturated rings. The van der Waals surface area contributed by atoms with Gasteiger partial charge >= 0.3 is 0 Å². The van der Waals surface area contributed by atoms with E-state index in [-0.39, 0.29) is 18.6 Å². The maximum atomic E-state index is 11.6. The first kappa shape index (κ1) is 10.6. The summed E-state index contributed by atoms with van der Waals surface area (Å²) in [6, 6.07) is 5.99. The van der Waals surface area contributed by atoms with Crippen LogP contribution in [0.3, 0.4) is 0 Å². The van der Waals surface area contributed by atoms with Crippen molar-refractivity contribution in [3.63, 3.8) is 0 Å². The van der Waals surface area contributed by atoms with Gasteiger partial charge in [-0.05, 0) is 36.5 Å². The van der Waals surface area contributed by atoms with E-state index in [1.54, 1.807) is 11.9 Å². The van der Waals surface area contributed by atoms with Crippen LogP contribution in [0, 0.1) is 5.92 Å². The van der Waals surface area contributed by atoms with Crippen LogP contribution in [0.25, 0.3) is 0 Å². The highest BCUT2D eigenvalue weighted by atomic mass is 16.5. The Balaban J connectivity index is 1.96. The van der Waals surface area contributed by atoms with Crippen molar-refractivity contribution in [1.29, 1.82) is 0 Å². The molecular formula is C13H16N2O2. The van der Waals surface area contributed by atoms with Gasteiger partial charge in [-0.1, -0.05) is 6.07 Å². The summed E-state index contributed by atoms with van der Waals surface area (Å²) < 4.78 is 5.38. The van der Waals surface area contributed by atoms with Gasteiger partial charge in [-0.15, -0.1) is 0 Å². The zero-order valence-electron chi connectivity index (χ0n) is 9.85. The minimum Gasteiger partial charge on any atom is -0.482 e. The van der Waals surface area contributed by atoms with Crippen molar-refractivity contribution < 1.29 is 9.53 Å². The normalized spacial score (nSPS) is 20.8. The van der Waals surface area contributed by atoms with Crippen LogP contribution in [-0.2, 0) is 4.79 Å². The molecule has 0 aromatic heterocycles. The maximum Gasteiger partial charge on any atom is 0.264 e. The predicted octanol–water partition coefficient (Wildman–Crippen LogP) is 1.45. The Kier molecular flexibility index (Phi) is 2.33. The van der Waals surface area contributed by atoms with Gasteiger partial charge in [0.2, 0.25) is 0 Å². The van der Waals surface area contributed by atoms with Crippen molar-refractivity contribution in [3.8, 4) is 5.75 Å². The second kappa shape index (κ2) is 3.74. The van der Waals surface area contributed by atoms with Crippen LogP contribution >= 0.6 is 0 Å². The molecule has 0 radical (unpaired) electrons. The summed E-state index contributed by atoms with van der Waals surface area (Å²) in [7, 11) is 1.77. The number of carbonyl (C=O) groups is 1. The molecule has 1 aliphatic heterocycles. The number of likely N-dealkylation sites (N-methyl/N-ethyl adjacent to an activating group) is 1. The number of carbonyl (C=O) groups excluding carboxylic acids is 1. The highest BCUT2D eigenvalue weighted by Gasteiger charge is 2.31. The van der Waals surface area contributed by atoms with Crippen LogP contribution in [-0.4, -0.2) is 19.6 Å². The van der Waals surface area contributed by atoms with Crippen LogP contribution < -0.4 is 15.4 Å². The van der Waals surface area contributed by atoms with E-state index >= 15 is 0 Å². The Morgan fingerprint density at radius 1 is 1.47 bits per heavy atom. The van der Waals surface area contributed by atoms with Crippen LogP contribution in [0.5, 0.6) is 5.75 Å². The smallest absolute Gasteiger partial charge is 0.264 e. The lowest BCUT2D eigenvalue weighted by molar-refractivity contribution is -0.120. The van der Waals surface area contributed by atoms with Gasteiger partial charge in [-0.2, -0.15) is 0 Å². The van der Waals surface area contributed by atoms with Gasteiger partial charge in [0, 0.05) is 13.1 Å². The van der Waals surface area contributed by atoms with E-state index < -0.39 is 0 Å². The summed E-state index contributed by atoms with van der Waals surface area (Å²) in [5.74, 6) is 1.35. The fourth-order valence-corrected chi connectivity index (χ4v) is 2.22. The topological polar surface area (TPSA) is 55.6 Å². The number of hydrogen-bond acceptors (Lipinski definition) is 3. The number of benzene rings is 1. The largest absolute Gasteiger partial charge is 0.482 e. The summed E-state index contributed by atoms with van der Waals surface area (Å²) in [5, 5.41) is 0. The molecule has 1 unspecified atom stereocenters. The second-order valence-corrected chi connectivity index (χ2v) is 4.83. The minimum atomic E-state index is -0.0188. The van der Waals surface area contributed by atoms with Gasteiger partial charge in [0.15, 0.2) is 6.61 Å². The number of nitrogens with zero attached hydrogens (tertiary/aromatic N) is 1. The van der Waals surface area contributed by atoms with Crippen molar-refractivity contribution in [3.05, 3.63) is 23.8 Å². The SMILES string of the molecule is CN1C(=O)COc2ccc(C(N)C3CC3)cc21. The first-order chi connectivity index (χ1) is 8.16. The Morgan fingerprint density at radius 3 is 2.94 bits per heavy atom. The molecule has 4 nitrogen and oxygen atoms in total. The van der Waals surface area contributed by atoms with Crippen molar-refractivity contribution >= 4 is 11.6 Å². The van der Waals surface area contributed by atoms with Crippen LogP contribution in [0.4, 0.5) is 5.69 Å². The number of anilines is 1. The van der Waals surface area contributed by atoms with Crippen molar-refractivity contribution in [2.45, 2.75) is 18.9 Å². The average molecular weight is 232 g/mol. The molecule has 2 N–H and O–H groups in total. The van der Waals surface area contributed by atoms with Crippen LogP contribution in [0.15, 0.2) is 18.2 Å². The van der Waals surface area contributed by atoms with Crippen LogP contribution in [0.1, 0.15) is 24.4 Å². The summed E-state index contributed by atoms with van der Waals surface area (Å²) in [5.41, 5.74) is 8.09. The van der Waals surface area contributed by atoms with Crippen molar-refractivity contribution in [2.24, 2.45) is 11.7 Å². The van der Waals surface area contributed by atoms with E-state index in [0.29, 0.717) is 5.92 Å². The summed E-state index contributed by atoms with van der Waals surface area (Å²) in [4.78, 5) is 13.2. The number of rotatable bonds is 2. The molecule has 1 heterocycles. The van der Waals surface area contributed by atoms with E-state index in [1.165, 1.54) is 12.8 Å². The second-order valence-electron chi connectivity index (χ2n) is 4.83. The number of hydrogen-bond donors (Lipinski definition) is 1. The molecule has 1 saturated carbocycles. The summed E-state index contributed by atoms with van der Waals surface area (Å²) in [6.07, 6.45) is 2.42. The third-order valence-electron chi connectivity index (χ3n) is 3.58. The first-order valence-corrected chi connectivity index (χ1v) is 5.95. The molecule has 2 aliphatic rings. The van der Waals surface area contributed by atoms with Crippen molar-refractivity contribution in [1.82, 2.24) is 0 Å². The molecule has 3 rings (SSSR count). The van der Waals surface area contributed by atoms with Gasteiger partial charge in [-0.3, -0.25) is 4.79 Å². The Labute approximate surface area is 100 Å². The molecule has 0 spiro atoms. The highest BCUT2D eigenvalue weighted by molar-refractivity contribution is 5.97. The maximum absolute atomic E-state index is 11.6. The number of fused-ring (bicyclic) bond motifs is 1.